The third-order valence-corrected chi connectivity index (χ3v) is 2.86. The van der Waals surface area contributed by atoms with Crippen LogP contribution in [0.15, 0.2) is 18.7 Å². The highest BCUT2D eigenvalue weighted by Crippen LogP contribution is 2.13. The summed E-state index contributed by atoms with van der Waals surface area (Å²) in [6, 6.07) is 1.83. The molecule has 0 saturated heterocycles. The lowest BCUT2D eigenvalue weighted by atomic mass is 10.5. The van der Waals surface area contributed by atoms with Crippen molar-refractivity contribution in [3.05, 3.63) is 24.5 Å². The third-order valence-electron chi connectivity index (χ3n) is 1.89. The molecule has 0 radical (unpaired) electrons. The molecule has 1 aromatic heterocycles. The quantitative estimate of drug-likeness (QED) is 0.570. The van der Waals surface area contributed by atoms with E-state index in [1.807, 2.05) is 37.8 Å². The van der Waals surface area contributed by atoms with E-state index in [2.05, 4.69) is 21.9 Å². The Morgan fingerprint density at radius 2 is 2.35 bits per heavy atom. The number of hydrogen-bond acceptors (Lipinski definition) is 5. The van der Waals surface area contributed by atoms with Crippen LogP contribution in [0.5, 0.6) is 5.88 Å². The highest BCUT2D eigenvalue weighted by molar-refractivity contribution is 7.99. The normalized spacial score (nSPS) is 10.0. The Morgan fingerprint density at radius 1 is 1.53 bits per heavy atom. The summed E-state index contributed by atoms with van der Waals surface area (Å²) >= 11 is 1.84. The summed E-state index contributed by atoms with van der Waals surface area (Å²) in [4.78, 5) is 8.49. The Kier molecular flexibility index (Phi) is 6.47. The molecule has 0 aromatic carbocycles. The maximum Gasteiger partial charge on any atom is 0.218 e. The predicted octanol–water partition coefficient (Wildman–Crippen LogP) is 2.51. The Labute approximate surface area is 107 Å². The first-order valence-corrected chi connectivity index (χ1v) is 6.82. The molecule has 0 aliphatic heterocycles. The Bertz CT molecular complexity index is 358. The van der Waals surface area contributed by atoms with Crippen LogP contribution in [0.25, 0.3) is 0 Å². The minimum absolute atomic E-state index is 0.616. The van der Waals surface area contributed by atoms with Gasteiger partial charge in [0.05, 0.1) is 6.61 Å². The lowest BCUT2D eigenvalue weighted by Gasteiger charge is -2.08. The zero-order valence-corrected chi connectivity index (χ0v) is 11.2. The number of thioether (sulfide) groups is 1. The van der Waals surface area contributed by atoms with Crippen LogP contribution in [-0.2, 0) is 0 Å². The number of nitrogens with zero attached hydrogens (tertiary/aromatic N) is 2. The van der Waals surface area contributed by atoms with Gasteiger partial charge in [-0.2, -0.15) is 16.7 Å². The van der Waals surface area contributed by atoms with Crippen molar-refractivity contribution in [1.82, 2.24) is 9.97 Å². The van der Waals surface area contributed by atoms with Gasteiger partial charge in [0.25, 0.3) is 0 Å². The first kappa shape index (κ1) is 13.8. The lowest BCUT2D eigenvalue weighted by molar-refractivity contribution is 0.325. The Hall–Kier alpha value is -1.23. The minimum Gasteiger partial charge on any atom is -0.478 e. The molecule has 0 saturated carbocycles. The van der Waals surface area contributed by atoms with Crippen molar-refractivity contribution in [3.63, 3.8) is 0 Å². The van der Waals surface area contributed by atoms with E-state index >= 15 is 0 Å². The lowest BCUT2D eigenvalue weighted by Crippen LogP contribution is -2.08. The maximum atomic E-state index is 5.36. The second kappa shape index (κ2) is 7.95. The van der Waals surface area contributed by atoms with Crippen molar-refractivity contribution in [2.75, 3.05) is 30.0 Å². The van der Waals surface area contributed by atoms with Gasteiger partial charge in [-0.1, -0.05) is 6.08 Å². The van der Waals surface area contributed by atoms with Crippen molar-refractivity contribution in [3.8, 4) is 5.88 Å². The number of aryl methyl sites for hydroxylation is 1. The van der Waals surface area contributed by atoms with E-state index < -0.39 is 0 Å². The van der Waals surface area contributed by atoms with Gasteiger partial charge in [-0.05, 0) is 13.8 Å². The molecule has 0 aliphatic carbocycles. The molecule has 1 rings (SSSR count). The van der Waals surface area contributed by atoms with E-state index in [0.717, 1.165) is 29.7 Å². The van der Waals surface area contributed by atoms with Gasteiger partial charge in [0.1, 0.15) is 11.6 Å². The smallest absolute Gasteiger partial charge is 0.218 e. The molecule has 1 aromatic rings. The fraction of sp³-hybridized carbons (Fsp3) is 0.500. The van der Waals surface area contributed by atoms with Crippen LogP contribution >= 0.6 is 11.8 Å². The second-order valence-corrected chi connectivity index (χ2v) is 4.51. The van der Waals surface area contributed by atoms with Crippen LogP contribution in [0.4, 0.5) is 5.82 Å². The van der Waals surface area contributed by atoms with Crippen LogP contribution in [0, 0.1) is 6.92 Å². The minimum atomic E-state index is 0.616. The summed E-state index contributed by atoms with van der Waals surface area (Å²) in [5.41, 5.74) is 0. The first-order chi connectivity index (χ1) is 8.26. The van der Waals surface area contributed by atoms with Crippen LogP contribution in [-0.4, -0.2) is 34.6 Å². The fourth-order valence-corrected chi connectivity index (χ4v) is 1.85. The zero-order valence-electron chi connectivity index (χ0n) is 10.4. The SMILES string of the molecule is C=CCSCCNc1cc(OCC)nc(C)n1. The number of rotatable bonds is 8. The monoisotopic (exact) mass is 253 g/mol. The molecule has 1 heterocycles. The Morgan fingerprint density at radius 3 is 3.06 bits per heavy atom. The maximum absolute atomic E-state index is 5.36. The summed E-state index contributed by atoms with van der Waals surface area (Å²) in [6.07, 6.45) is 1.91. The molecule has 4 nitrogen and oxygen atoms in total. The van der Waals surface area contributed by atoms with Gasteiger partial charge in [0.15, 0.2) is 0 Å². The topological polar surface area (TPSA) is 47.0 Å². The summed E-state index contributed by atoms with van der Waals surface area (Å²) < 4.78 is 5.36. The molecule has 0 fully saturated rings. The van der Waals surface area contributed by atoms with Crippen molar-refractivity contribution in [2.24, 2.45) is 0 Å². The number of anilines is 1. The van der Waals surface area contributed by atoms with Crippen molar-refractivity contribution >= 4 is 17.6 Å². The third kappa shape index (κ3) is 5.58. The van der Waals surface area contributed by atoms with E-state index in [1.54, 1.807) is 0 Å². The zero-order chi connectivity index (χ0) is 12.5. The molecule has 1 N–H and O–H groups in total. The fourth-order valence-electron chi connectivity index (χ4n) is 1.27. The van der Waals surface area contributed by atoms with Crippen molar-refractivity contribution in [1.29, 1.82) is 0 Å². The molecule has 5 heteroatoms. The molecule has 94 valence electrons. The van der Waals surface area contributed by atoms with Crippen LogP contribution < -0.4 is 10.1 Å². The van der Waals surface area contributed by atoms with Gasteiger partial charge in [-0.25, -0.2) is 4.98 Å². The highest BCUT2D eigenvalue weighted by Gasteiger charge is 2.01. The second-order valence-electron chi connectivity index (χ2n) is 3.36. The van der Waals surface area contributed by atoms with Gasteiger partial charge in [0, 0.05) is 24.1 Å². The predicted molar refractivity (Wildman–Crippen MR) is 73.9 cm³/mol. The molecule has 0 amide bonds. The molecule has 0 bridgehead atoms. The van der Waals surface area contributed by atoms with Crippen molar-refractivity contribution in [2.45, 2.75) is 13.8 Å². The average Bonchev–Trinajstić information content (AvgIpc) is 2.28. The molecular formula is C12H19N3OS. The summed E-state index contributed by atoms with van der Waals surface area (Å²) in [5.74, 6) is 4.17. The van der Waals surface area contributed by atoms with Crippen LogP contribution in [0.3, 0.4) is 0 Å². The van der Waals surface area contributed by atoms with Gasteiger partial charge < -0.3 is 10.1 Å². The number of nitrogens with one attached hydrogen (secondary N) is 1. The van der Waals surface area contributed by atoms with Gasteiger partial charge in [-0.3, -0.25) is 0 Å². The summed E-state index contributed by atoms with van der Waals surface area (Å²) in [6.45, 7) is 8.98. The number of aromatic nitrogens is 2. The highest BCUT2D eigenvalue weighted by atomic mass is 32.2. The van der Waals surface area contributed by atoms with E-state index in [9.17, 15) is 0 Å². The van der Waals surface area contributed by atoms with E-state index in [1.165, 1.54) is 0 Å². The van der Waals surface area contributed by atoms with Gasteiger partial charge in [-0.15, -0.1) is 6.58 Å². The average molecular weight is 253 g/mol. The number of ether oxygens (including phenoxy) is 1. The van der Waals surface area contributed by atoms with Crippen molar-refractivity contribution < 1.29 is 4.74 Å². The Balaban J connectivity index is 2.43. The summed E-state index contributed by atoms with van der Waals surface area (Å²) in [5, 5.41) is 3.26. The van der Waals surface area contributed by atoms with E-state index in [0.29, 0.717) is 12.5 Å². The van der Waals surface area contributed by atoms with Crippen LogP contribution in [0.1, 0.15) is 12.7 Å². The van der Waals surface area contributed by atoms with E-state index in [-0.39, 0.29) is 0 Å². The largest absolute Gasteiger partial charge is 0.478 e. The molecular weight excluding hydrogens is 234 g/mol. The van der Waals surface area contributed by atoms with Gasteiger partial charge in [0.2, 0.25) is 5.88 Å². The molecule has 0 unspecified atom stereocenters. The first-order valence-electron chi connectivity index (χ1n) is 5.67. The molecule has 17 heavy (non-hydrogen) atoms. The molecule has 0 spiro atoms. The number of hydrogen-bond donors (Lipinski definition) is 1. The molecule has 0 aliphatic rings. The van der Waals surface area contributed by atoms with Crippen LogP contribution in [0.2, 0.25) is 0 Å². The van der Waals surface area contributed by atoms with Gasteiger partial charge >= 0.3 is 0 Å². The standard InChI is InChI=1S/C12H19N3OS/c1-4-7-17-8-6-13-11-9-12(16-5-2)15-10(3)14-11/h4,9H,1,5-8H2,2-3H3,(H,13,14,15). The summed E-state index contributed by atoms with van der Waals surface area (Å²) in [7, 11) is 0. The van der Waals surface area contributed by atoms with E-state index in [4.69, 9.17) is 4.74 Å². The molecule has 0 atom stereocenters.